The smallest absolute Gasteiger partial charge is 0.146 e. The quantitative estimate of drug-likeness (QED) is 0.213. The van der Waals surface area contributed by atoms with Gasteiger partial charge in [-0.15, -0.1) is 0 Å². The van der Waals surface area contributed by atoms with Crippen molar-refractivity contribution in [3.63, 3.8) is 0 Å². The van der Waals surface area contributed by atoms with E-state index in [0.717, 1.165) is 31.6 Å². The molecule has 0 radical (unpaired) electrons. The third kappa shape index (κ3) is 5.00. The summed E-state index contributed by atoms with van der Waals surface area (Å²) in [6, 6.07) is 41.7. The molecule has 1 aliphatic rings. The Balaban J connectivity index is 0.00000274. The van der Waals surface area contributed by atoms with Crippen molar-refractivity contribution >= 4 is 34.2 Å². The van der Waals surface area contributed by atoms with Gasteiger partial charge in [-0.1, -0.05) is 66.7 Å². The molecule has 1 fully saturated rings. The third-order valence-corrected chi connectivity index (χ3v) is 10.6. The molecular weight excluding hydrogens is 548 g/mol. The summed E-state index contributed by atoms with van der Waals surface area (Å²) in [6.07, 6.45) is 2.09. The lowest BCUT2D eigenvalue weighted by Gasteiger charge is -2.28. The average molecular weight is 577 g/mol. The Bertz CT molecular complexity index is 1100. The zero-order valence-electron chi connectivity index (χ0n) is 19.1. The second kappa shape index (κ2) is 11.8. The lowest BCUT2D eigenvalue weighted by molar-refractivity contribution is -0.00000653. The third-order valence-electron chi connectivity index (χ3n) is 6.31. The van der Waals surface area contributed by atoms with Crippen LogP contribution in [-0.2, 0) is 0 Å². The van der Waals surface area contributed by atoms with Crippen LogP contribution in [0.2, 0.25) is 0 Å². The van der Waals surface area contributed by atoms with E-state index in [9.17, 15) is 0 Å². The molecule has 3 nitrogen and oxygen atoms in total. The first-order chi connectivity index (χ1) is 16.4. The van der Waals surface area contributed by atoms with Crippen molar-refractivity contribution in [2.24, 2.45) is 10.2 Å². The maximum absolute atomic E-state index is 4.90. The van der Waals surface area contributed by atoms with Crippen LogP contribution in [0, 0.1) is 0 Å². The van der Waals surface area contributed by atoms with Crippen LogP contribution in [0.3, 0.4) is 0 Å². The normalized spacial score (nSPS) is 14.6. The van der Waals surface area contributed by atoms with Crippen molar-refractivity contribution in [3.8, 4) is 0 Å². The molecule has 0 unspecified atom stereocenters. The molecule has 34 heavy (non-hydrogen) atoms. The maximum atomic E-state index is 4.90. The summed E-state index contributed by atoms with van der Waals surface area (Å²) in [5.74, 6) is 0. The van der Waals surface area contributed by atoms with Gasteiger partial charge in [0.15, 0.2) is 0 Å². The van der Waals surface area contributed by atoms with Crippen molar-refractivity contribution in [1.82, 2.24) is 5.32 Å². The first-order valence-corrected chi connectivity index (χ1v) is 13.4. The van der Waals surface area contributed by atoms with E-state index in [1.54, 1.807) is 0 Å². The van der Waals surface area contributed by atoms with E-state index < -0.39 is 7.26 Å². The predicted octanol–water partition coefficient (Wildman–Crippen LogP) is 2.15. The number of hydrogen-bond acceptors (Lipinski definition) is 3. The molecule has 0 spiro atoms. The summed E-state index contributed by atoms with van der Waals surface area (Å²) in [5, 5.41) is 18.4. The summed E-state index contributed by atoms with van der Waals surface area (Å²) < 4.78 is 0. The van der Waals surface area contributed by atoms with Gasteiger partial charge in [-0.3, -0.25) is 0 Å². The Morgan fingerprint density at radius 2 is 1.03 bits per heavy atom. The fraction of sp³-hybridized carbons (Fsp3) is 0.172. The highest BCUT2D eigenvalue weighted by atomic mass is 127. The van der Waals surface area contributed by atoms with Crippen LogP contribution >= 0.6 is 7.26 Å². The molecule has 1 saturated heterocycles. The van der Waals surface area contributed by atoms with Crippen molar-refractivity contribution in [1.29, 1.82) is 0 Å². The standard InChI is InChI=1S/C29H29N3P.HI/c1-4-12-25(13-5-1)33(26-14-6-2-7-15-26,27-16-8-3-9-17-27)29-19-11-10-18-28(29)32-31-24-20-22-30-23-21-24;/h1-19,24,30H,20-23H2;1H/q+1;/p-1. The largest absolute Gasteiger partial charge is 1.00 e. The highest BCUT2D eigenvalue weighted by Gasteiger charge is 2.49. The molecule has 0 amide bonds. The van der Waals surface area contributed by atoms with Gasteiger partial charge in [0, 0.05) is 0 Å². The Labute approximate surface area is 220 Å². The molecule has 1 aliphatic heterocycles. The molecule has 0 bridgehead atoms. The second-order valence-corrected chi connectivity index (χ2v) is 11.7. The van der Waals surface area contributed by atoms with Crippen molar-refractivity contribution < 1.29 is 24.0 Å². The van der Waals surface area contributed by atoms with Gasteiger partial charge in [0.25, 0.3) is 0 Å². The van der Waals surface area contributed by atoms with Crippen LogP contribution in [0.1, 0.15) is 12.8 Å². The van der Waals surface area contributed by atoms with Crippen LogP contribution in [0.5, 0.6) is 0 Å². The minimum Gasteiger partial charge on any atom is -1.00 e. The molecule has 1 heterocycles. The Morgan fingerprint density at radius 3 is 1.53 bits per heavy atom. The number of nitrogens with one attached hydrogen (secondary N) is 1. The number of hydrogen-bond donors (Lipinski definition) is 1. The van der Waals surface area contributed by atoms with Crippen molar-refractivity contribution in [2.75, 3.05) is 13.1 Å². The number of nitrogens with zero attached hydrogens (tertiary/aromatic N) is 2. The predicted molar refractivity (Wildman–Crippen MR) is 142 cm³/mol. The van der Waals surface area contributed by atoms with E-state index in [1.165, 1.54) is 21.2 Å². The summed E-state index contributed by atoms with van der Waals surface area (Å²) in [4.78, 5) is 0. The number of piperidine rings is 1. The van der Waals surface area contributed by atoms with Crippen molar-refractivity contribution in [3.05, 3.63) is 115 Å². The van der Waals surface area contributed by atoms with Gasteiger partial charge in [0.1, 0.15) is 34.2 Å². The van der Waals surface area contributed by atoms with E-state index in [4.69, 9.17) is 10.2 Å². The molecule has 4 aromatic rings. The number of rotatable bonds is 6. The Hall–Kier alpha value is -2.40. The molecule has 4 aromatic carbocycles. The second-order valence-electron chi connectivity index (χ2n) is 8.36. The van der Waals surface area contributed by atoms with Gasteiger partial charge in [0.2, 0.25) is 0 Å². The highest BCUT2D eigenvalue weighted by Crippen LogP contribution is 2.56. The summed E-state index contributed by atoms with van der Waals surface area (Å²) >= 11 is 0. The monoisotopic (exact) mass is 577 g/mol. The van der Waals surface area contributed by atoms with Crippen LogP contribution in [-0.4, -0.2) is 19.1 Å². The molecule has 1 N–H and O–H groups in total. The summed E-state index contributed by atoms with van der Waals surface area (Å²) in [7, 11) is -2.18. The Morgan fingerprint density at radius 1 is 0.588 bits per heavy atom. The molecule has 5 rings (SSSR count). The van der Waals surface area contributed by atoms with Crippen LogP contribution in [0.25, 0.3) is 0 Å². The lowest BCUT2D eigenvalue weighted by Crippen LogP contribution is -3.00. The van der Waals surface area contributed by atoms with Gasteiger partial charge >= 0.3 is 0 Å². The number of azo groups is 1. The highest BCUT2D eigenvalue weighted by molar-refractivity contribution is 8.01. The Kier molecular flexibility index (Phi) is 8.60. The SMILES string of the molecule is [I-].c1ccc([P+](c2ccccc2)(c2ccccc2)c2ccccc2N=NC2CCNCC2)cc1. The number of halogens is 1. The van der Waals surface area contributed by atoms with Crippen LogP contribution < -0.4 is 50.5 Å². The summed E-state index contributed by atoms with van der Waals surface area (Å²) in [5.41, 5.74) is 0.973. The zero-order valence-corrected chi connectivity index (χ0v) is 22.1. The fourth-order valence-corrected chi connectivity index (χ4v) is 9.08. The van der Waals surface area contributed by atoms with E-state index in [0.29, 0.717) is 0 Å². The fourth-order valence-electron chi connectivity index (χ4n) is 4.72. The van der Waals surface area contributed by atoms with Gasteiger partial charge < -0.3 is 29.3 Å². The van der Waals surface area contributed by atoms with Crippen LogP contribution in [0.15, 0.2) is 125 Å². The van der Waals surface area contributed by atoms with E-state index in [1.807, 2.05) is 0 Å². The zero-order chi connectivity index (χ0) is 22.3. The molecule has 0 aromatic heterocycles. The molecule has 0 aliphatic carbocycles. The molecule has 0 atom stereocenters. The number of benzene rings is 4. The van der Waals surface area contributed by atoms with Gasteiger partial charge in [-0.25, -0.2) is 0 Å². The molecule has 0 saturated carbocycles. The molecule has 172 valence electrons. The van der Waals surface area contributed by atoms with Gasteiger partial charge in [-0.05, 0) is 74.5 Å². The minimum absolute atomic E-state index is 0. The van der Waals surface area contributed by atoms with Crippen LogP contribution in [0.4, 0.5) is 5.69 Å². The minimum atomic E-state index is -2.18. The molecular formula is C29H29IN3P. The topological polar surface area (TPSA) is 36.8 Å². The van der Waals surface area contributed by atoms with E-state index >= 15 is 0 Å². The van der Waals surface area contributed by atoms with Gasteiger partial charge in [-0.2, -0.15) is 10.2 Å². The maximum Gasteiger partial charge on any atom is 0.146 e. The van der Waals surface area contributed by atoms with E-state index in [2.05, 4.69) is 121 Å². The van der Waals surface area contributed by atoms with E-state index in [-0.39, 0.29) is 30.0 Å². The summed E-state index contributed by atoms with van der Waals surface area (Å²) in [6.45, 7) is 2.03. The first-order valence-electron chi connectivity index (χ1n) is 11.7. The van der Waals surface area contributed by atoms with Crippen molar-refractivity contribution in [2.45, 2.75) is 18.9 Å². The lowest BCUT2D eigenvalue weighted by atomic mass is 10.1. The molecule has 5 heteroatoms. The first kappa shape index (κ1) is 24.7. The van der Waals surface area contributed by atoms with Gasteiger partial charge in [0.05, 0.1) is 6.04 Å². The average Bonchev–Trinajstić information content (AvgIpc) is 2.91.